The van der Waals surface area contributed by atoms with E-state index in [1.807, 2.05) is 0 Å². The molecule has 2 atom stereocenters. The second-order valence-electron chi connectivity index (χ2n) is 3.61. The zero-order valence-electron chi connectivity index (χ0n) is 12.9. The molecule has 0 amide bonds. The molecule has 0 aromatic heterocycles. The van der Waals surface area contributed by atoms with Crippen molar-refractivity contribution in [1.82, 2.24) is 5.32 Å². The van der Waals surface area contributed by atoms with Crippen molar-refractivity contribution in [3.8, 4) is 5.75 Å². The number of fused-ring (bicyclic) bond motifs is 1. The molecule has 1 heterocycles. The molecule has 1 saturated carbocycles. The summed E-state index contributed by atoms with van der Waals surface area (Å²) in [4.78, 5) is 0. The van der Waals surface area contributed by atoms with Gasteiger partial charge >= 0.3 is 0 Å². The Kier molecular flexibility index (Phi) is 0.912. The number of hydrogen-bond donors (Lipinski definition) is 1. The van der Waals surface area contributed by atoms with Crippen LogP contribution in [0.5, 0.6) is 5.75 Å². The van der Waals surface area contributed by atoms with Crippen molar-refractivity contribution in [3.63, 3.8) is 0 Å². The Hall–Kier alpha value is -1.02. The van der Waals surface area contributed by atoms with Crippen molar-refractivity contribution in [2.45, 2.75) is 11.8 Å². The molecule has 3 rings (SSSR count). The molecule has 2 nitrogen and oxygen atoms in total. The molecule has 1 aliphatic heterocycles. The van der Waals surface area contributed by atoms with Gasteiger partial charge < -0.3 is 10.1 Å². The highest BCUT2D eigenvalue weighted by molar-refractivity contribution is 5.39. The molecule has 74 valence electrons. The van der Waals surface area contributed by atoms with Crippen LogP contribution in [0.1, 0.15) is 18.8 Å². The SMILES string of the molecule is [2H]C1([2H])NCC2(c3ccc(OC)cc3)C([2H])([2H])C12[2H]. The lowest BCUT2D eigenvalue weighted by Gasteiger charge is -2.12. The summed E-state index contributed by atoms with van der Waals surface area (Å²) < 4.78 is 45.2. The van der Waals surface area contributed by atoms with Gasteiger partial charge in [0.05, 0.1) is 7.11 Å². The molecule has 1 aliphatic carbocycles. The number of methoxy groups -OCH3 is 1. The minimum Gasteiger partial charge on any atom is -0.497 e. The largest absolute Gasteiger partial charge is 0.497 e. The standard InChI is InChI=1S/C12H15NO/c1-14-11-4-2-9(3-5-11)12-6-10(12)7-13-8-12/h2-5,10,13H,6-8H2,1H3/i6D2,7D2,10D. The van der Waals surface area contributed by atoms with Crippen LogP contribution in [0.3, 0.4) is 0 Å². The zero-order valence-corrected chi connectivity index (χ0v) is 7.92. The zero-order chi connectivity index (χ0) is 14.1. The lowest BCUT2D eigenvalue weighted by atomic mass is 9.95. The van der Waals surface area contributed by atoms with Crippen molar-refractivity contribution >= 4 is 0 Å². The number of ether oxygens (including phenoxy) is 1. The number of benzene rings is 1. The molecule has 0 radical (unpaired) electrons. The number of rotatable bonds is 2. The van der Waals surface area contributed by atoms with E-state index < -0.39 is 24.2 Å². The Labute approximate surface area is 91.3 Å². The molecule has 1 N–H and O–H groups in total. The summed E-state index contributed by atoms with van der Waals surface area (Å²) in [7, 11) is 1.55. The highest BCUT2D eigenvalue weighted by Gasteiger charge is 2.57. The van der Waals surface area contributed by atoms with Crippen LogP contribution in [0.2, 0.25) is 0 Å². The maximum absolute atomic E-state index is 8.31. The molecule has 1 aromatic rings. The van der Waals surface area contributed by atoms with E-state index in [0.717, 1.165) is 0 Å². The Morgan fingerprint density at radius 2 is 2.36 bits per heavy atom. The summed E-state index contributed by atoms with van der Waals surface area (Å²) in [6, 6.07) is 6.87. The van der Waals surface area contributed by atoms with Crippen LogP contribution in [-0.2, 0) is 5.41 Å². The van der Waals surface area contributed by atoms with Crippen LogP contribution in [0, 0.1) is 5.89 Å². The highest BCUT2D eigenvalue weighted by Crippen LogP contribution is 2.56. The van der Waals surface area contributed by atoms with Gasteiger partial charge in [0.25, 0.3) is 0 Å². The molecular weight excluding hydrogens is 174 g/mol. The molecule has 14 heavy (non-hydrogen) atoms. The molecule has 1 aromatic carbocycles. The third-order valence-corrected chi connectivity index (χ3v) is 2.85. The summed E-state index contributed by atoms with van der Waals surface area (Å²) in [6.45, 7) is -1.90. The van der Waals surface area contributed by atoms with Crippen molar-refractivity contribution in [1.29, 1.82) is 0 Å². The first kappa shape index (κ1) is 4.67. The van der Waals surface area contributed by atoms with Gasteiger partial charge in [0.15, 0.2) is 0 Å². The van der Waals surface area contributed by atoms with Gasteiger partial charge in [-0.15, -0.1) is 0 Å². The fraction of sp³-hybridized carbons (Fsp3) is 0.500. The Morgan fingerprint density at radius 1 is 1.57 bits per heavy atom. The average Bonchev–Trinajstić information content (AvgIpc) is 2.64. The fourth-order valence-electron chi connectivity index (χ4n) is 1.91. The third kappa shape index (κ3) is 1.01. The van der Waals surface area contributed by atoms with Crippen molar-refractivity contribution in [2.24, 2.45) is 5.89 Å². The summed E-state index contributed by atoms with van der Waals surface area (Å²) in [5, 5.41) is 2.63. The third-order valence-electron chi connectivity index (χ3n) is 2.85. The highest BCUT2D eigenvalue weighted by atomic mass is 16.5. The smallest absolute Gasteiger partial charge is 0.118 e. The van der Waals surface area contributed by atoms with Gasteiger partial charge in [-0.05, 0) is 36.5 Å². The van der Waals surface area contributed by atoms with E-state index in [1.54, 1.807) is 31.4 Å². The van der Waals surface area contributed by atoms with Gasteiger partial charge in [0.2, 0.25) is 0 Å². The second-order valence-corrected chi connectivity index (χ2v) is 3.61. The normalized spacial score (nSPS) is 51.6. The summed E-state index contributed by atoms with van der Waals surface area (Å²) in [5.41, 5.74) is -0.488. The van der Waals surface area contributed by atoms with Crippen LogP contribution >= 0.6 is 0 Å². The average molecular weight is 194 g/mol. The monoisotopic (exact) mass is 194 g/mol. The molecular formula is C12H15NO. The van der Waals surface area contributed by atoms with E-state index in [-0.39, 0.29) is 6.54 Å². The van der Waals surface area contributed by atoms with Crippen LogP contribution in [0.25, 0.3) is 0 Å². The van der Waals surface area contributed by atoms with Gasteiger partial charge in [0.1, 0.15) is 5.75 Å². The lowest BCUT2D eigenvalue weighted by molar-refractivity contribution is 0.414. The topological polar surface area (TPSA) is 21.3 Å². The number of hydrogen-bond acceptors (Lipinski definition) is 2. The van der Waals surface area contributed by atoms with E-state index in [0.29, 0.717) is 11.3 Å². The van der Waals surface area contributed by atoms with Gasteiger partial charge in [-0.3, -0.25) is 0 Å². The van der Waals surface area contributed by atoms with E-state index in [2.05, 4.69) is 5.32 Å². The number of nitrogens with one attached hydrogen (secondary N) is 1. The molecule has 2 aliphatic rings. The number of piperidine rings is 1. The van der Waals surface area contributed by atoms with Gasteiger partial charge in [-0.2, -0.15) is 0 Å². The lowest BCUT2D eigenvalue weighted by Crippen LogP contribution is -2.19. The Bertz CT molecular complexity index is 531. The maximum atomic E-state index is 8.31. The summed E-state index contributed by atoms with van der Waals surface area (Å²) in [5.74, 6) is -1.13. The van der Waals surface area contributed by atoms with Crippen LogP contribution in [0.15, 0.2) is 24.3 Å². The van der Waals surface area contributed by atoms with E-state index in [9.17, 15) is 0 Å². The van der Waals surface area contributed by atoms with E-state index in [4.69, 9.17) is 11.6 Å². The fourth-order valence-corrected chi connectivity index (χ4v) is 1.91. The first-order chi connectivity index (χ1) is 8.74. The Morgan fingerprint density at radius 3 is 2.93 bits per heavy atom. The predicted molar refractivity (Wildman–Crippen MR) is 55.6 cm³/mol. The summed E-state index contributed by atoms with van der Waals surface area (Å²) >= 11 is 0. The van der Waals surface area contributed by atoms with Gasteiger partial charge in [-0.25, -0.2) is 0 Å². The predicted octanol–water partition coefficient (Wildman–Crippen LogP) is 1.56. The van der Waals surface area contributed by atoms with Gasteiger partial charge in [0, 0.05) is 18.8 Å². The first-order valence-corrected chi connectivity index (χ1v) is 4.64. The van der Waals surface area contributed by atoms with E-state index in [1.165, 1.54) is 0 Å². The summed E-state index contributed by atoms with van der Waals surface area (Å²) in [6.07, 6.45) is -1.89. The molecule has 2 fully saturated rings. The van der Waals surface area contributed by atoms with Crippen LogP contribution in [-0.4, -0.2) is 20.2 Å². The Balaban J connectivity index is 2.09. The van der Waals surface area contributed by atoms with E-state index >= 15 is 0 Å². The molecule has 0 bridgehead atoms. The minimum atomic E-state index is -2.03. The molecule has 2 unspecified atom stereocenters. The van der Waals surface area contributed by atoms with Gasteiger partial charge in [-0.1, -0.05) is 12.1 Å². The quantitative estimate of drug-likeness (QED) is 0.771. The van der Waals surface area contributed by atoms with Crippen molar-refractivity contribution in [3.05, 3.63) is 29.8 Å². The maximum Gasteiger partial charge on any atom is 0.118 e. The van der Waals surface area contributed by atoms with Crippen LogP contribution < -0.4 is 10.1 Å². The van der Waals surface area contributed by atoms with Crippen LogP contribution in [0.4, 0.5) is 0 Å². The van der Waals surface area contributed by atoms with Crippen molar-refractivity contribution in [2.75, 3.05) is 20.2 Å². The molecule has 2 heteroatoms. The molecule has 1 saturated heterocycles. The minimum absolute atomic E-state index is 0.128. The molecule has 0 spiro atoms. The first-order valence-electron chi connectivity index (χ1n) is 7.14. The second kappa shape index (κ2) is 2.74. The van der Waals surface area contributed by atoms with Crippen molar-refractivity contribution < 1.29 is 11.6 Å².